The molecule has 0 atom stereocenters. The van der Waals surface area contributed by atoms with Crippen LogP contribution in [0.25, 0.3) is 0 Å². The summed E-state index contributed by atoms with van der Waals surface area (Å²) in [5.74, 6) is 0.222. The molecule has 0 saturated heterocycles. The second kappa shape index (κ2) is 3.72. The molecular formula is C13H17NO2. The van der Waals surface area contributed by atoms with Gasteiger partial charge in [0.1, 0.15) is 0 Å². The quantitative estimate of drug-likeness (QED) is 0.666. The summed E-state index contributed by atoms with van der Waals surface area (Å²) in [5, 5.41) is 0. The molecule has 1 aliphatic heterocycles. The lowest BCUT2D eigenvalue weighted by atomic mass is 9.88. The number of carbonyl (C=O) groups is 2. The van der Waals surface area contributed by atoms with E-state index in [1.807, 2.05) is 0 Å². The smallest absolute Gasteiger partial charge is 0.294 e. The van der Waals surface area contributed by atoms with Gasteiger partial charge in [0, 0.05) is 18.7 Å². The van der Waals surface area contributed by atoms with E-state index in [0.29, 0.717) is 12.3 Å². The van der Waals surface area contributed by atoms with E-state index in [2.05, 4.69) is 0 Å². The Morgan fingerprint density at radius 2 is 1.88 bits per heavy atom. The fraction of sp³-hybridized carbons (Fsp3) is 0.692. The fourth-order valence-corrected chi connectivity index (χ4v) is 2.76. The van der Waals surface area contributed by atoms with Gasteiger partial charge in [-0.25, -0.2) is 0 Å². The van der Waals surface area contributed by atoms with E-state index in [4.69, 9.17) is 0 Å². The van der Waals surface area contributed by atoms with E-state index in [-0.39, 0.29) is 11.7 Å². The highest BCUT2D eigenvalue weighted by atomic mass is 16.2. The first kappa shape index (κ1) is 10.1. The van der Waals surface area contributed by atoms with Crippen molar-refractivity contribution < 1.29 is 9.59 Å². The first-order chi connectivity index (χ1) is 7.75. The molecule has 0 radical (unpaired) electrons. The second-order valence-electron chi connectivity index (χ2n) is 5.22. The monoisotopic (exact) mass is 219 g/mol. The molecule has 0 unspecified atom stereocenters. The van der Waals surface area contributed by atoms with Gasteiger partial charge in [-0.05, 0) is 50.0 Å². The number of Topliss-reactive ketones (excluding diaryl/α,β-unsaturated/α-hetero) is 1. The van der Waals surface area contributed by atoms with E-state index in [0.717, 1.165) is 19.4 Å². The molecule has 3 nitrogen and oxygen atoms in total. The van der Waals surface area contributed by atoms with Crippen molar-refractivity contribution in [2.45, 2.75) is 44.9 Å². The molecule has 0 spiro atoms. The van der Waals surface area contributed by atoms with Gasteiger partial charge in [0.05, 0.1) is 0 Å². The number of ketones is 1. The Balaban J connectivity index is 1.89. The number of nitrogens with zero attached hydrogens (tertiary/aromatic N) is 1. The Morgan fingerprint density at radius 1 is 1.12 bits per heavy atom. The summed E-state index contributed by atoms with van der Waals surface area (Å²) in [4.78, 5) is 25.3. The van der Waals surface area contributed by atoms with Gasteiger partial charge in [-0.3, -0.25) is 9.59 Å². The van der Waals surface area contributed by atoms with Crippen LogP contribution in [0.1, 0.15) is 44.9 Å². The van der Waals surface area contributed by atoms with Crippen molar-refractivity contribution in [3.63, 3.8) is 0 Å². The summed E-state index contributed by atoms with van der Waals surface area (Å²) in [6.07, 6.45) is 7.21. The Kier molecular flexibility index (Phi) is 2.34. The second-order valence-corrected chi connectivity index (χ2v) is 5.22. The number of allylic oxidation sites excluding steroid dienone is 2. The molecule has 0 aromatic rings. The van der Waals surface area contributed by atoms with Crippen LogP contribution in [-0.4, -0.2) is 23.1 Å². The Labute approximate surface area is 95.5 Å². The van der Waals surface area contributed by atoms with Crippen LogP contribution in [0.2, 0.25) is 0 Å². The number of hydrogen-bond acceptors (Lipinski definition) is 2. The maximum Gasteiger partial charge on any atom is 0.294 e. The molecule has 1 fully saturated rings. The van der Waals surface area contributed by atoms with Gasteiger partial charge in [-0.2, -0.15) is 0 Å². The average molecular weight is 219 g/mol. The van der Waals surface area contributed by atoms with Gasteiger partial charge in [0.2, 0.25) is 5.78 Å². The summed E-state index contributed by atoms with van der Waals surface area (Å²) < 4.78 is 0. The molecule has 3 rings (SSSR count). The summed E-state index contributed by atoms with van der Waals surface area (Å²) in [6, 6.07) is 0. The fourth-order valence-electron chi connectivity index (χ4n) is 2.76. The molecule has 3 aliphatic rings. The van der Waals surface area contributed by atoms with Crippen LogP contribution in [0.5, 0.6) is 0 Å². The molecule has 2 aliphatic carbocycles. The lowest BCUT2D eigenvalue weighted by Gasteiger charge is -2.34. The molecule has 16 heavy (non-hydrogen) atoms. The maximum atomic E-state index is 11.9. The first-order valence-corrected chi connectivity index (χ1v) is 6.31. The van der Waals surface area contributed by atoms with Crippen LogP contribution in [0.4, 0.5) is 0 Å². The molecule has 0 N–H and O–H groups in total. The number of amides is 1. The third kappa shape index (κ3) is 1.68. The molecule has 1 heterocycles. The molecule has 0 bridgehead atoms. The Hall–Kier alpha value is -1.12. The van der Waals surface area contributed by atoms with Crippen molar-refractivity contribution in [3.05, 3.63) is 11.3 Å². The largest absolute Gasteiger partial charge is 0.309 e. The normalized spacial score (nSPS) is 26.1. The van der Waals surface area contributed by atoms with Crippen LogP contribution in [-0.2, 0) is 9.59 Å². The molecule has 3 heteroatoms. The highest BCUT2D eigenvalue weighted by Gasteiger charge is 2.36. The minimum Gasteiger partial charge on any atom is -0.309 e. The predicted octanol–water partition coefficient (Wildman–Crippen LogP) is 2.03. The van der Waals surface area contributed by atoms with Crippen molar-refractivity contribution in [1.82, 2.24) is 4.90 Å². The van der Waals surface area contributed by atoms with Gasteiger partial charge >= 0.3 is 0 Å². The minimum absolute atomic E-state index is 0.193. The summed E-state index contributed by atoms with van der Waals surface area (Å²) >= 11 is 0. The zero-order chi connectivity index (χ0) is 11.1. The number of rotatable bonds is 2. The minimum atomic E-state index is -0.243. The van der Waals surface area contributed by atoms with E-state index >= 15 is 0 Å². The standard InChI is InChI=1S/C13H17NO2/c15-12-7-10-3-1-2-4-11(10)14(13(12)16)8-9-5-6-9/h9H,1-8H2. The van der Waals surface area contributed by atoms with E-state index in [1.54, 1.807) is 4.90 Å². The SMILES string of the molecule is O=C1CC2=C(CCCC2)N(CC2CC2)C1=O. The van der Waals surface area contributed by atoms with Crippen molar-refractivity contribution in [3.8, 4) is 0 Å². The number of hydrogen-bond donors (Lipinski definition) is 0. The Morgan fingerprint density at radius 3 is 2.62 bits per heavy atom. The van der Waals surface area contributed by atoms with Crippen molar-refractivity contribution >= 4 is 11.7 Å². The van der Waals surface area contributed by atoms with E-state index < -0.39 is 0 Å². The highest BCUT2D eigenvalue weighted by Crippen LogP contribution is 2.37. The zero-order valence-corrected chi connectivity index (χ0v) is 9.50. The van der Waals surface area contributed by atoms with Gasteiger partial charge < -0.3 is 4.90 Å². The van der Waals surface area contributed by atoms with Gasteiger partial charge in [0.25, 0.3) is 5.91 Å². The molecule has 86 valence electrons. The summed E-state index contributed by atoms with van der Waals surface area (Å²) in [5.41, 5.74) is 2.44. The third-order valence-electron chi connectivity index (χ3n) is 3.87. The van der Waals surface area contributed by atoms with Crippen LogP contribution < -0.4 is 0 Å². The average Bonchev–Trinajstić information content (AvgIpc) is 3.08. The molecule has 0 aromatic carbocycles. The predicted molar refractivity (Wildman–Crippen MR) is 59.6 cm³/mol. The molecule has 0 aromatic heterocycles. The first-order valence-electron chi connectivity index (χ1n) is 6.31. The van der Waals surface area contributed by atoms with Crippen LogP contribution in [0.15, 0.2) is 11.3 Å². The lowest BCUT2D eigenvalue weighted by Crippen LogP contribution is -2.42. The highest BCUT2D eigenvalue weighted by molar-refractivity contribution is 6.37. The lowest BCUT2D eigenvalue weighted by molar-refractivity contribution is -0.144. The topological polar surface area (TPSA) is 37.4 Å². The summed E-state index contributed by atoms with van der Waals surface area (Å²) in [7, 11) is 0. The maximum absolute atomic E-state index is 11.9. The number of carbonyl (C=O) groups excluding carboxylic acids is 2. The molecule has 1 amide bonds. The zero-order valence-electron chi connectivity index (χ0n) is 9.50. The van der Waals surface area contributed by atoms with Gasteiger partial charge in [0.15, 0.2) is 0 Å². The van der Waals surface area contributed by atoms with Crippen molar-refractivity contribution in [2.24, 2.45) is 5.92 Å². The molecular weight excluding hydrogens is 202 g/mol. The molecule has 1 saturated carbocycles. The summed E-state index contributed by atoms with van der Waals surface area (Å²) in [6.45, 7) is 0.795. The Bertz CT molecular complexity index is 379. The van der Waals surface area contributed by atoms with E-state index in [9.17, 15) is 9.59 Å². The van der Waals surface area contributed by atoms with Crippen LogP contribution in [0, 0.1) is 5.92 Å². The third-order valence-corrected chi connectivity index (χ3v) is 3.87. The van der Waals surface area contributed by atoms with Gasteiger partial charge in [-0.15, -0.1) is 0 Å². The van der Waals surface area contributed by atoms with Gasteiger partial charge in [-0.1, -0.05) is 0 Å². The van der Waals surface area contributed by atoms with E-state index in [1.165, 1.54) is 37.0 Å². The van der Waals surface area contributed by atoms with Crippen LogP contribution in [0.3, 0.4) is 0 Å². The van der Waals surface area contributed by atoms with Crippen molar-refractivity contribution in [1.29, 1.82) is 0 Å². The van der Waals surface area contributed by atoms with Crippen molar-refractivity contribution in [2.75, 3.05) is 6.54 Å². The van der Waals surface area contributed by atoms with Crippen LogP contribution >= 0.6 is 0 Å².